The second kappa shape index (κ2) is 12.5. The van der Waals surface area contributed by atoms with Crippen LogP contribution in [0.3, 0.4) is 0 Å². The lowest BCUT2D eigenvalue weighted by atomic mass is 9.96. The van der Waals surface area contributed by atoms with E-state index in [1.807, 2.05) is 42.5 Å². The number of hydrogen-bond acceptors (Lipinski definition) is 5. The van der Waals surface area contributed by atoms with E-state index in [-0.39, 0.29) is 36.0 Å². The lowest BCUT2D eigenvalue weighted by Gasteiger charge is -2.45. The van der Waals surface area contributed by atoms with Crippen molar-refractivity contribution in [3.63, 3.8) is 0 Å². The van der Waals surface area contributed by atoms with Gasteiger partial charge in [0.25, 0.3) is 0 Å². The van der Waals surface area contributed by atoms with Crippen molar-refractivity contribution in [2.24, 2.45) is 0 Å². The number of nitrogens with zero attached hydrogens (tertiary/aromatic N) is 1. The highest BCUT2D eigenvalue weighted by molar-refractivity contribution is 5.92. The van der Waals surface area contributed by atoms with Gasteiger partial charge in [-0.2, -0.15) is 0 Å². The molecule has 3 fully saturated rings. The van der Waals surface area contributed by atoms with Crippen LogP contribution in [0, 0.1) is 0 Å². The Morgan fingerprint density at radius 2 is 1.64 bits per heavy atom. The molecule has 2 bridgehead atoms. The first-order chi connectivity index (χ1) is 19.8. The fourth-order valence-corrected chi connectivity index (χ4v) is 6.63. The topological polar surface area (TPSA) is 97.0 Å². The molecule has 2 amide bonds. The summed E-state index contributed by atoms with van der Waals surface area (Å²) < 4.78 is 12.7. The van der Waals surface area contributed by atoms with Gasteiger partial charge in [-0.15, -0.1) is 0 Å². The number of halogens is 1. The number of amides is 2. The Morgan fingerprint density at radius 3 is 2.31 bits per heavy atom. The second-order valence-electron chi connectivity index (χ2n) is 11.8. The molecule has 3 aliphatic rings. The number of morpholine rings is 1. The average Bonchev–Trinajstić information content (AvgIpc) is 3.73. The summed E-state index contributed by atoms with van der Waals surface area (Å²) in [7, 11) is 4.52. The van der Waals surface area contributed by atoms with Crippen LogP contribution < -0.4 is 34.6 Å². The molecule has 220 valence electrons. The minimum absolute atomic E-state index is 0. The van der Waals surface area contributed by atoms with Crippen molar-refractivity contribution in [3.05, 3.63) is 83.9 Å². The molecular formula is C33H36IN3O5. The van der Waals surface area contributed by atoms with E-state index in [1.165, 1.54) is 0 Å². The van der Waals surface area contributed by atoms with E-state index < -0.39 is 6.09 Å². The zero-order valence-corrected chi connectivity index (χ0v) is 26.0. The van der Waals surface area contributed by atoms with Crippen LogP contribution in [0.25, 0.3) is 11.1 Å². The molecule has 0 unspecified atom stereocenters. The Bertz CT molecular complexity index is 1430. The molecular weight excluding hydrogens is 645 g/mol. The molecule has 6 rings (SSSR count). The summed E-state index contributed by atoms with van der Waals surface area (Å²) in [6.07, 6.45) is 4.25. The van der Waals surface area contributed by atoms with Crippen LogP contribution in [0.2, 0.25) is 0 Å². The van der Waals surface area contributed by atoms with Gasteiger partial charge >= 0.3 is 6.09 Å². The van der Waals surface area contributed by atoms with Gasteiger partial charge in [0.05, 0.1) is 19.8 Å². The number of nitrogens with one attached hydrogen (secondary N) is 2. The maximum atomic E-state index is 13.0. The molecule has 0 aromatic heterocycles. The van der Waals surface area contributed by atoms with Crippen molar-refractivity contribution in [2.75, 3.05) is 24.7 Å². The number of carbonyl (C=O) groups is 3. The number of aldehydes is 1. The molecule has 5 atom stereocenters. The molecule has 3 heterocycles. The minimum Gasteiger partial charge on any atom is -1.00 e. The summed E-state index contributed by atoms with van der Waals surface area (Å²) in [5, 5.41) is 5.88. The lowest BCUT2D eigenvalue weighted by molar-refractivity contribution is -0.938. The fraction of sp³-hybridized carbons (Fsp3) is 0.364. The summed E-state index contributed by atoms with van der Waals surface area (Å²) in [6, 6.07) is 23.5. The summed E-state index contributed by atoms with van der Waals surface area (Å²) in [5.41, 5.74) is 4.92. The molecule has 0 saturated carbocycles. The third-order valence-corrected chi connectivity index (χ3v) is 8.92. The van der Waals surface area contributed by atoms with Gasteiger partial charge in [-0.05, 0) is 60.4 Å². The zero-order chi connectivity index (χ0) is 28.6. The van der Waals surface area contributed by atoms with E-state index in [9.17, 15) is 14.4 Å². The quantitative estimate of drug-likeness (QED) is 0.157. The van der Waals surface area contributed by atoms with Crippen LogP contribution in [-0.4, -0.2) is 67.3 Å². The SMILES string of the molecule is C[N+]1(C)[C@@H]2C[C@@H](OC(=O)Nc3ccc(CCCC(=O)Nc4ccc(C=O)cc4)cc3-c3ccccc3)C[C@H]1[C@@H]1O[C@@H]12.[I-]. The number of quaternary nitrogens is 1. The first-order valence-electron chi connectivity index (χ1n) is 14.3. The number of aryl methyl sites for hydroxylation is 1. The highest BCUT2D eigenvalue weighted by Crippen LogP contribution is 2.51. The highest BCUT2D eigenvalue weighted by atomic mass is 127. The van der Waals surface area contributed by atoms with Crippen molar-refractivity contribution in [2.45, 2.75) is 62.5 Å². The summed E-state index contributed by atoms with van der Waals surface area (Å²) in [4.78, 5) is 36.3. The van der Waals surface area contributed by atoms with Gasteiger partial charge in [-0.3, -0.25) is 14.9 Å². The Hall–Kier alpha value is -3.28. The van der Waals surface area contributed by atoms with E-state index >= 15 is 0 Å². The van der Waals surface area contributed by atoms with Gasteiger partial charge in [-0.1, -0.05) is 36.4 Å². The molecule has 8 nitrogen and oxygen atoms in total. The van der Waals surface area contributed by atoms with E-state index in [0.29, 0.717) is 60.5 Å². The number of rotatable bonds is 9. The van der Waals surface area contributed by atoms with Gasteiger partial charge in [0.2, 0.25) is 5.91 Å². The predicted molar refractivity (Wildman–Crippen MR) is 157 cm³/mol. The van der Waals surface area contributed by atoms with Crippen LogP contribution >= 0.6 is 0 Å². The Morgan fingerprint density at radius 1 is 0.952 bits per heavy atom. The Kier molecular flexibility index (Phi) is 9.00. The third-order valence-electron chi connectivity index (χ3n) is 8.92. The predicted octanol–water partition coefficient (Wildman–Crippen LogP) is 2.44. The standard InChI is InChI=1S/C33H35N3O5.HI/c1-36(2)28-18-25(19-29(36)32-31(28)41-32)40-33(39)35-27-16-13-21(17-26(27)23-8-4-3-5-9-23)7-6-10-30(38)34-24-14-11-22(20-37)12-15-24;/h3-5,8-9,11-17,20,25,28-29,31-32H,6-7,10,18-19H2,1-2H3,(H-,34,35,37,38,39);1H/t25-,28-,29+,31-,32+;. The summed E-state index contributed by atoms with van der Waals surface area (Å²) >= 11 is 0. The first kappa shape index (κ1) is 30.2. The van der Waals surface area contributed by atoms with E-state index in [1.54, 1.807) is 24.3 Å². The van der Waals surface area contributed by atoms with Gasteiger partial charge in [0, 0.05) is 36.1 Å². The van der Waals surface area contributed by atoms with Gasteiger partial charge in [0.1, 0.15) is 36.7 Å². The minimum atomic E-state index is -0.432. The number of anilines is 2. The van der Waals surface area contributed by atoms with E-state index in [2.05, 4.69) is 30.8 Å². The third kappa shape index (κ3) is 6.38. The van der Waals surface area contributed by atoms with Gasteiger partial charge in [-0.25, -0.2) is 4.79 Å². The molecule has 0 spiro atoms. The maximum Gasteiger partial charge on any atom is 0.411 e. The Balaban J connectivity index is 0.00000353. The van der Waals surface area contributed by atoms with Crippen molar-refractivity contribution >= 4 is 29.7 Å². The van der Waals surface area contributed by atoms with Crippen LogP contribution in [0.5, 0.6) is 0 Å². The van der Waals surface area contributed by atoms with Crippen LogP contribution in [0.15, 0.2) is 72.8 Å². The number of piperidine rings is 1. The lowest BCUT2D eigenvalue weighted by Crippen LogP contribution is -3.00. The molecule has 42 heavy (non-hydrogen) atoms. The summed E-state index contributed by atoms with van der Waals surface area (Å²) in [5.74, 6) is -0.0737. The molecule has 2 N–H and O–H groups in total. The normalized spacial score (nSPS) is 24.5. The molecule has 0 aliphatic carbocycles. The number of ether oxygens (including phenoxy) is 2. The zero-order valence-electron chi connectivity index (χ0n) is 23.8. The van der Waals surface area contributed by atoms with Gasteiger partial charge in [0.15, 0.2) is 0 Å². The van der Waals surface area contributed by atoms with Crippen LogP contribution in [0.1, 0.15) is 41.6 Å². The number of likely N-dealkylation sites (N-methyl/N-ethyl adjacent to an activating group) is 1. The summed E-state index contributed by atoms with van der Waals surface area (Å²) in [6.45, 7) is 0. The highest BCUT2D eigenvalue weighted by Gasteiger charge is 2.70. The monoisotopic (exact) mass is 681 g/mol. The average molecular weight is 682 g/mol. The molecule has 9 heteroatoms. The van der Waals surface area contributed by atoms with Crippen molar-refractivity contribution in [1.82, 2.24) is 0 Å². The maximum absolute atomic E-state index is 13.0. The number of fused-ring (bicyclic) bond motifs is 5. The van der Waals surface area contributed by atoms with Gasteiger partial charge < -0.3 is 43.3 Å². The van der Waals surface area contributed by atoms with E-state index in [4.69, 9.17) is 9.47 Å². The van der Waals surface area contributed by atoms with Crippen LogP contribution in [0.4, 0.5) is 16.2 Å². The van der Waals surface area contributed by atoms with Crippen molar-refractivity contribution in [3.8, 4) is 11.1 Å². The molecule has 3 saturated heterocycles. The number of carbonyl (C=O) groups excluding carboxylic acids is 3. The molecule has 3 aromatic rings. The van der Waals surface area contributed by atoms with Crippen molar-refractivity contribution in [1.29, 1.82) is 0 Å². The number of hydrogen-bond donors (Lipinski definition) is 2. The smallest absolute Gasteiger partial charge is 0.411 e. The number of benzene rings is 3. The van der Waals surface area contributed by atoms with Crippen LogP contribution in [-0.2, 0) is 20.7 Å². The first-order valence-corrected chi connectivity index (χ1v) is 14.3. The second-order valence-corrected chi connectivity index (χ2v) is 11.8. The number of epoxide rings is 1. The molecule has 3 aromatic carbocycles. The van der Waals surface area contributed by atoms with Crippen molar-refractivity contribution < 1.29 is 52.3 Å². The molecule has 0 radical (unpaired) electrons. The Labute approximate surface area is 263 Å². The molecule has 3 aliphatic heterocycles. The fourth-order valence-electron chi connectivity index (χ4n) is 6.63. The largest absolute Gasteiger partial charge is 1.00 e. The van der Waals surface area contributed by atoms with E-state index in [0.717, 1.165) is 40.3 Å².